The molecule has 50 heavy (non-hydrogen) atoms. The highest BCUT2D eigenvalue weighted by Crippen LogP contribution is 2.27. The van der Waals surface area contributed by atoms with Crippen LogP contribution in [0.1, 0.15) is 62.3 Å². The molecule has 0 spiro atoms. The molecule has 0 bridgehead atoms. The second-order valence-electron chi connectivity index (χ2n) is 14.0. The number of amides is 3. The number of para-hydroxylation sites is 1. The Labute approximate surface area is 294 Å². The lowest BCUT2D eigenvalue weighted by molar-refractivity contribution is -0.136. The Morgan fingerprint density at radius 2 is 1.40 bits per heavy atom. The molecule has 5 aromatic rings. The number of aromatic amines is 1. The molecule has 0 aliphatic heterocycles. The van der Waals surface area contributed by atoms with E-state index in [9.17, 15) is 19.6 Å². The van der Waals surface area contributed by atoms with E-state index in [-0.39, 0.29) is 24.2 Å². The zero-order chi connectivity index (χ0) is 35.5. The maximum Gasteiger partial charge on any atom is 0.244 e. The largest absolute Gasteiger partial charge is 0.361 e. The second-order valence-corrected chi connectivity index (χ2v) is 14.0. The van der Waals surface area contributed by atoms with Crippen LogP contribution >= 0.6 is 0 Å². The summed E-state index contributed by atoms with van der Waals surface area (Å²) >= 11 is 0. The molecule has 8 nitrogen and oxygen atoms in total. The van der Waals surface area contributed by atoms with E-state index in [1.165, 1.54) is 5.56 Å². The van der Waals surface area contributed by atoms with E-state index in [0.29, 0.717) is 32.2 Å². The van der Waals surface area contributed by atoms with Crippen molar-refractivity contribution in [2.75, 3.05) is 6.54 Å². The standard InChI is InChI=1S/C42H48N4O4/c1-42(2,3)35-22-20-32(21-23-35)31-18-16-30(17-19-31)12-9-13-33(27-39(47)46-50)40(48)45-38(26-34-28-44-37-15-8-7-14-36(34)37)41(49)43-25-24-29-10-5-4-6-11-29/h4-8,10-11,14-23,28,33,38,44,50H,9,12-13,24-27H2,1-3H3,(H,43,49)(H,45,48)(H,46,47)/t33-,38+/m0/s1. The quantitative estimate of drug-likeness (QED) is 0.0604. The van der Waals surface area contributed by atoms with E-state index in [0.717, 1.165) is 38.7 Å². The topological polar surface area (TPSA) is 123 Å². The van der Waals surface area contributed by atoms with Crippen molar-refractivity contribution in [3.63, 3.8) is 0 Å². The van der Waals surface area contributed by atoms with Crippen molar-refractivity contribution in [2.45, 2.75) is 70.8 Å². The molecule has 2 atom stereocenters. The van der Waals surface area contributed by atoms with Gasteiger partial charge in [-0.15, -0.1) is 0 Å². The zero-order valence-electron chi connectivity index (χ0n) is 29.2. The van der Waals surface area contributed by atoms with E-state index in [1.54, 1.807) is 5.48 Å². The monoisotopic (exact) mass is 672 g/mol. The summed E-state index contributed by atoms with van der Waals surface area (Å²) in [4.78, 5) is 42.9. The fraction of sp³-hybridized carbons (Fsp3) is 0.310. The Kier molecular flexibility index (Phi) is 12.2. The van der Waals surface area contributed by atoms with Crippen molar-refractivity contribution in [2.24, 2.45) is 5.92 Å². The predicted molar refractivity (Wildman–Crippen MR) is 199 cm³/mol. The molecule has 0 unspecified atom stereocenters. The number of carbonyl (C=O) groups is 3. The van der Waals surface area contributed by atoms with Crippen LogP contribution in [0.4, 0.5) is 0 Å². The van der Waals surface area contributed by atoms with Crippen LogP contribution in [-0.2, 0) is 39.1 Å². The first-order valence-corrected chi connectivity index (χ1v) is 17.4. The molecule has 0 aliphatic carbocycles. The predicted octanol–water partition coefficient (Wildman–Crippen LogP) is 7.05. The molecule has 4 aromatic carbocycles. The van der Waals surface area contributed by atoms with Gasteiger partial charge in [-0.1, -0.05) is 118 Å². The lowest BCUT2D eigenvalue weighted by Gasteiger charge is -2.22. The maximum absolute atomic E-state index is 13.8. The minimum atomic E-state index is -0.859. The number of hydrogen-bond acceptors (Lipinski definition) is 4. The van der Waals surface area contributed by atoms with Gasteiger partial charge in [-0.3, -0.25) is 19.6 Å². The summed E-state index contributed by atoms with van der Waals surface area (Å²) in [6.07, 6.45) is 4.37. The van der Waals surface area contributed by atoms with Crippen molar-refractivity contribution in [3.05, 3.63) is 132 Å². The van der Waals surface area contributed by atoms with Crippen molar-refractivity contribution in [3.8, 4) is 11.1 Å². The Bertz CT molecular complexity index is 1860. The SMILES string of the molecule is CC(C)(C)c1ccc(-c2ccc(CCC[C@@H](CC(=O)NO)C(=O)N[C@H](Cc3c[nH]c4ccccc34)C(=O)NCCc3ccccc3)cc2)cc1. The fourth-order valence-electron chi connectivity index (χ4n) is 6.29. The van der Waals surface area contributed by atoms with Crippen LogP contribution in [0.3, 0.4) is 0 Å². The van der Waals surface area contributed by atoms with Crippen LogP contribution in [0.15, 0.2) is 109 Å². The molecule has 8 heteroatoms. The van der Waals surface area contributed by atoms with Gasteiger partial charge in [0, 0.05) is 42.4 Å². The summed E-state index contributed by atoms with van der Waals surface area (Å²) in [7, 11) is 0. The zero-order valence-corrected chi connectivity index (χ0v) is 29.2. The summed E-state index contributed by atoms with van der Waals surface area (Å²) in [5.74, 6) is -2.07. The summed E-state index contributed by atoms with van der Waals surface area (Å²) in [6, 6.07) is 33.9. The first-order chi connectivity index (χ1) is 24.1. The number of aromatic nitrogens is 1. The highest BCUT2D eigenvalue weighted by Gasteiger charge is 2.28. The molecule has 1 heterocycles. The minimum Gasteiger partial charge on any atom is -0.361 e. The fourth-order valence-corrected chi connectivity index (χ4v) is 6.29. The van der Waals surface area contributed by atoms with Crippen LogP contribution < -0.4 is 16.1 Å². The van der Waals surface area contributed by atoms with Crippen LogP contribution in [-0.4, -0.2) is 40.5 Å². The van der Waals surface area contributed by atoms with E-state index in [2.05, 4.69) is 84.9 Å². The number of fused-ring (bicyclic) bond motifs is 1. The van der Waals surface area contributed by atoms with Crippen molar-refractivity contribution in [1.29, 1.82) is 0 Å². The summed E-state index contributed by atoms with van der Waals surface area (Å²) in [6.45, 7) is 7.03. The van der Waals surface area contributed by atoms with Gasteiger partial charge in [0.15, 0.2) is 0 Å². The van der Waals surface area contributed by atoms with Gasteiger partial charge >= 0.3 is 0 Å². The van der Waals surface area contributed by atoms with Crippen molar-refractivity contribution < 1.29 is 19.6 Å². The number of aryl methyl sites for hydroxylation is 1. The third-order valence-electron chi connectivity index (χ3n) is 9.27. The van der Waals surface area contributed by atoms with E-state index in [1.807, 2.05) is 60.8 Å². The highest BCUT2D eigenvalue weighted by molar-refractivity contribution is 5.91. The van der Waals surface area contributed by atoms with Gasteiger partial charge in [0.1, 0.15) is 6.04 Å². The molecule has 0 aliphatic rings. The average molecular weight is 673 g/mol. The van der Waals surface area contributed by atoms with Gasteiger partial charge in [-0.05, 0) is 70.5 Å². The normalized spacial score (nSPS) is 12.6. The minimum absolute atomic E-state index is 0.0993. The van der Waals surface area contributed by atoms with Gasteiger partial charge in [0.05, 0.1) is 0 Å². The molecule has 0 radical (unpaired) electrons. The third-order valence-corrected chi connectivity index (χ3v) is 9.27. The van der Waals surface area contributed by atoms with Gasteiger partial charge in [-0.2, -0.15) is 0 Å². The first-order valence-electron chi connectivity index (χ1n) is 17.4. The van der Waals surface area contributed by atoms with E-state index < -0.39 is 23.8 Å². The summed E-state index contributed by atoms with van der Waals surface area (Å²) in [5.41, 5.74) is 9.42. The Hall–Kier alpha value is -5.21. The first kappa shape index (κ1) is 36.1. The lowest BCUT2D eigenvalue weighted by Crippen LogP contribution is -2.50. The molecule has 260 valence electrons. The number of nitrogens with one attached hydrogen (secondary N) is 4. The average Bonchev–Trinajstić information content (AvgIpc) is 3.53. The van der Waals surface area contributed by atoms with Crippen LogP contribution in [0.5, 0.6) is 0 Å². The molecular formula is C42H48N4O4. The maximum atomic E-state index is 13.8. The van der Waals surface area contributed by atoms with E-state index in [4.69, 9.17) is 0 Å². The number of benzene rings is 4. The molecule has 5 N–H and O–H groups in total. The summed E-state index contributed by atoms with van der Waals surface area (Å²) < 4.78 is 0. The molecule has 1 aromatic heterocycles. The molecule has 0 saturated carbocycles. The van der Waals surface area contributed by atoms with Crippen LogP contribution in [0.25, 0.3) is 22.0 Å². The van der Waals surface area contributed by atoms with Gasteiger partial charge < -0.3 is 15.6 Å². The van der Waals surface area contributed by atoms with Gasteiger partial charge in [-0.25, -0.2) is 5.48 Å². The number of hydroxylamine groups is 1. The lowest BCUT2D eigenvalue weighted by atomic mass is 9.86. The van der Waals surface area contributed by atoms with Gasteiger partial charge in [0.2, 0.25) is 17.7 Å². The number of H-pyrrole nitrogens is 1. The third kappa shape index (κ3) is 9.92. The molecule has 0 fully saturated rings. The Balaban J connectivity index is 1.24. The molecular weight excluding hydrogens is 624 g/mol. The molecule has 0 saturated heterocycles. The Morgan fingerprint density at radius 3 is 2.08 bits per heavy atom. The highest BCUT2D eigenvalue weighted by atomic mass is 16.5. The van der Waals surface area contributed by atoms with Crippen molar-refractivity contribution in [1.82, 2.24) is 21.1 Å². The van der Waals surface area contributed by atoms with Gasteiger partial charge in [0.25, 0.3) is 0 Å². The smallest absolute Gasteiger partial charge is 0.244 e. The number of carbonyl (C=O) groups excluding carboxylic acids is 3. The number of hydrogen-bond donors (Lipinski definition) is 5. The van der Waals surface area contributed by atoms with Crippen LogP contribution in [0.2, 0.25) is 0 Å². The molecule has 3 amide bonds. The van der Waals surface area contributed by atoms with Crippen LogP contribution in [0, 0.1) is 5.92 Å². The number of rotatable bonds is 15. The molecule has 5 rings (SSSR count). The second kappa shape index (κ2) is 16.9. The Morgan fingerprint density at radius 1 is 0.760 bits per heavy atom. The summed E-state index contributed by atoms with van der Waals surface area (Å²) in [5, 5.41) is 16.2. The van der Waals surface area contributed by atoms with E-state index >= 15 is 0 Å². The van der Waals surface area contributed by atoms with Crippen molar-refractivity contribution >= 4 is 28.6 Å².